The average Bonchev–Trinajstić information content (AvgIpc) is 2.73. The van der Waals surface area contributed by atoms with Crippen LogP contribution in [0.5, 0.6) is 5.75 Å². The number of likely N-dealkylation sites (N-methyl/N-ethyl adjacent to an activating group) is 1. The number of rotatable bonds is 4. The number of carbonyl (C=O) groups excluding carboxylic acids is 1. The molecule has 0 N–H and O–H groups in total. The van der Waals surface area contributed by atoms with Crippen molar-refractivity contribution in [2.75, 3.05) is 44.7 Å². The minimum atomic E-state index is 0.155. The summed E-state index contributed by atoms with van der Waals surface area (Å²) < 4.78 is 5.25. The molecule has 1 aromatic carbocycles. The number of piperazine rings is 1. The number of aryl methyl sites for hydroxylation is 1. The van der Waals surface area contributed by atoms with Crippen LogP contribution in [0.25, 0.3) is 0 Å². The molecule has 2 aliphatic rings. The van der Waals surface area contributed by atoms with E-state index in [-0.39, 0.29) is 11.7 Å². The molecule has 0 radical (unpaired) electrons. The molecule has 2 aromatic rings. The predicted molar refractivity (Wildman–Crippen MR) is 109 cm³/mol. The van der Waals surface area contributed by atoms with Gasteiger partial charge in [0.15, 0.2) is 5.78 Å². The number of hydrogen-bond acceptors (Lipinski definition) is 6. The largest absolute Gasteiger partial charge is 0.497 e. The van der Waals surface area contributed by atoms with Gasteiger partial charge in [0.1, 0.15) is 5.75 Å². The van der Waals surface area contributed by atoms with Gasteiger partial charge in [-0.3, -0.25) is 4.79 Å². The quantitative estimate of drug-likeness (QED) is 0.813. The Morgan fingerprint density at radius 2 is 1.79 bits per heavy atom. The van der Waals surface area contributed by atoms with E-state index in [0.29, 0.717) is 6.42 Å². The molecule has 28 heavy (non-hydrogen) atoms. The highest BCUT2D eigenvalue weighted by Gasteiger charge is 2.31. The zero-order chi connectivity index (χ0) is 19.7. The third kappa shape index (κ3) is 3.61. The van der Waals surface area contributed by atoms with Crippen LogP contribution in [0.2, 0.25) is 0 Å². The van der Waals surface area contributed by atoms with E-state index in [0.717, 1.165) is 73.4 Å². The number of fused-ring (bicyclic) bond motifs is 1. The lowest BCUT2D eigenvalue weighted by Gasteiger charge is -2.35. The molecule has 1 aromatic heterocycles. The highest BCUT2D eigenvalue weighted by molar-refractivity contribution is 5.99. The molecule has 0 unspecified atom stereocenters. The lowest BCUT2D eigenvalue weighted by molar-refractivity contribution is 0.0962. The smallest absolute Gasteiger partial charge is 0.225 e. The Bertz CT molecular complexity index is 858. The van der Waals surface area contributed by atoms with Crippen LogP contribution in [-0.2, 0) is 6.42 Å². The molecule has 0 spiro atoms. The molecule has 1 aliphatic heterocycles. The highest BCUT2D eigenvalue weighted by atomic mass is 16.5. The van der Waals surface area contributed by atoms with Crippen LogP contribution in [0.15, 0.2) is 24.3 Å². The second kappa shape index (κ2) is 7.87. The number of anilines is 1. The van der Waals surface area contributed by atoms with Gasteiger partial charge in [-0.1, -0.05) is 19.1 Å². The van der Waals surface area contributed by atoms with Gasteiger partial charge in [-0.2, -0.15) is 0 Å². The molecular weight excluding hydrogens is 352 g/mol. The fourth-order valence-electron chi connectivity index (χ4n) is 4.28. The summed E-state index contributed by atoms with van der Waals surface area (Å²) in [5.74, 6) is 1.92. The Hall–Kier alpha value is -2.47. The minimum Gasteiger partial charge on any atom is -0.497 e. The molecule has 0 amide bonds. The summed E-state index contributed by atoms with van der Waals surface area (Å²) in [6, 6.07) is 8.03. The third-order valence-corrected chi connectivity index (χ3v) is 5.99. The van der Waals surface area contributed by atoms with Crippen molar-refractivity contribution in [2.24, 2.45) is 0 Å². The Morgan fingerprint density at radius 3 is 2.43 bits per heavy atom. The number of Topliss-reactive ketones (excluding diaryl/α,β-unsaturated/α-hetero) is 1. The lowest BCUT2D eigenvalue weighted by atomic mass is 9.81. The van der Waals surface area contributed by atoms with Gasteiger partial charge in [0, 0.05) is 32.6 Å². The first kappa shape index (κ1) is 18.9. The van der Waals surface area contributed by atoms with E-state index in [1.165, 1.54) is 0 Å². The highest BCUT2D eigenvalue weighted by Crippen LogP contribution is 2.34. The number of ketones is 1. The van der Waals surface area contributed by atoms with Crippen LogP contribution in [0.3, 0.4) is 0 Å². The number of ether oxygens (including phenoxy) is 1. The van der Waals surface area contributed by atoms with Crippen molar-refractivity contribution < 1.29 is 9.53 Å². The summed E-state index contributed by atoms with van der Waals surface area (Å²) in [5, 5.41) is 0. The van der Waals surface area contributed by atoms with Gasteiger partial charge in [-0.05, 0) is 43.5 Å². The summed E-state index contributed by atoms with van der Waals surface area (Å²) in [6.45, 7) is 9.14. The van der Waals surface area contributed by atoms with Crippen LogP contribution >= 0.6 is 0 Å². The number of nitrogens with zero attached hydrogens (tertiary/aromatic N) is 4. The molecule has 1 atom stereocenters. The van der Waals surface area contributed by atoms with E-state index in [4.69, 9.17) is 14.7 Å². The molecule has 0 saturated carbocycles. The Morgan fingerprint density at radius 1 is 1.07 bits per heavy atom. The number of methoxy groups -OCH3 is 1. The van der Waals surface area contributed by atoms with E-state index >= 15 is 0 Å². The molecule has 6 nitrogen and oxygen atoms in total. The van der Waals surface area contributed by atoms with Crippen molar-refractivity contribution in [3.63, 3.8) is 0 Å². The minimum absolute atomic E-state index is 0.155. The van der Waals surface area contributed by atoms with Crippen molar-refractivity contribution in [2.45, 2.75) is 32.6 Å². The van der Waals surface area contributed by atoms with Gasteiger partial charge in [-0.25, -0.2) is 9.97 Å². The normalized spacial score (nSPS) is 20.2. The van der Waals surface area contributed by atoms with E-state index in [9.17, 15) is 4.79 Å². The Labute approximate surface area is 166 Å². The van der Waals surface area contributed by atoms with Gasteiger partial charge < -0.3 is 14.5 Å². The molecule has 0 bridgehead atoms. The van der Waals surface area contributed by atoms with Crippen molar-refractivity contribution in [3.8, 4) is 5.75 Å². The van der Waals surface area contributed by atoms with Crippen LogP contribution in [0, 0.1) is 6.92 Å². The van der Waals surface area contributed by atoms with Crippen LogP contribution in [0.4, 0.5) is 5.95 Å². The molecule has 1 fully saturated rings. The molecule has 1 saturated heterocycles. The Balaban J connectivity index is 1.59. The fraction of sp³-hybridized carbons (Fsp3) is 0.500. The fourth-order valence-corrected chi connectivity index (χ4v) is 4.28. The summed E-state index contributed by atoms with van der Waals surface area (Å²) in [5.41, 5.74) is 3.61. The maximum absolute atomic E-state index is 12.9. The van der Waals surface area contributed by atoms with E-state index in [1.807, 2.05) is 19.1 Å². The lowest BCUT2D eigenvalue weighted by Crippen LogP contribution is -2.47. The number of hydrogen-bond donors (Lipinski definition) is 0. The Kier molecular flexibility index (Phi) is 5.31. The molecular formula is C22H28N4O2. The predicted octanol–water partition coefficient (Wildman–Crippen LogP) is 2.85. The number of carbonyl (C=O) groups is 1. The van der Waals surface area contributed by atoms with Crippen molar-refractivity contribution in [1.82, 2.24) is 14.9 Å². The first-order chi connectivity index (χ1) is 13.6. The zero-order valence-corrected chi connectivity index (χ0v) is 16.9. The number of benzene rings is 1. The van der Waals surface area contributed by atoms with Crippen molar-refractivity contribution in [1.29, 1.82) is 0 Å². The average molecular weight is 380 g/mol. The maximum atomic E-state index is 12.9. The van der Waals surface area contributed by atoms with Crippen LogP contribution in [0.1, 0.15) is 46.6 Å². The van der Waals surface area contributed by atoms with Crippen molar-refractivity contribution >= 4 is 11.7 Å². The molecule has 1 aliphatic carbocycles. The van der Waals surface area contributed by atoms with Gasteiger partial charge in [0.2, 0.25) is 5.95 Å². The summed E-state index contributed by atoms with van der Waals surface area (Å²) in [6.07, 6.45) is 1.29. The maximum Gasteiger partial charge on any atom is 0.225 e. The van der Waals surface area contributed by atoms with E-state index in [2.05, 4.69) is 28.9 Å². The van der Waals surface area contributed by atoms with Crippen molar-refractivity contribution in [3.05, 3.63) is 46.8 Å². The summed E-state index contributed by atoms with van der Waals surface area (Å²) in [4.78, 5) is 27.1. The van der Waals surface area contributed by atoms with Crippen LogP contribution < -0.4 is 9.64 Å². The molecule has 2 heterocycles. The van der Waals surface area contributed by atoms with E-state index < -0.39 is 0 Å². The summed E-state index contributed by atoms with van der Waals surface area (Å²) in [7, 11) is 1.66. The van der Waals surface area contributed by atoms with Gasteiger partial charge in [-0.15, -0.1) is 0 Å². The zero-order valence-electron chi connectivity index (χ0n) is 16.9. The topological polar surface area (TPSA) is 58.6 Å². The van der Waals surface area contributed by atoms with E-state index in [1.54, 1.807) is 7.11 Å². The van der Waals surface area contributed by atoms with Gasteiger partial charge in [0.05, 0.1) is 24.1 Å². The second-order valence-corrected chi connectivity index (χ2v) is 7.65. The van der Waals surface area contributed by atoms with Crippen LogP contribution in [-0.4, -0.2) is 60.5 Å². The monoisotopic (exact) mass is 380 g/mol. The first-order valence-corrected chi connectivity index (χ1v) is 10.1. The molecule has 148 valence electrons. The van der Waals surface area contributed by atoms with Gasteiger partial charge in [0.25, 0.3) is 0 Å². The second-order valence-electron chi connectivity index (χ2n) is 7.65. The first-order valence-electron chi connectivity index (χ1n) is 10.1. The molecule has 6 heteroatoms. The number of aromatic nitrogens is 2. The third-order valence-electron chi connectivity index (χ3n) is 5.99. The molecule has 4 rings (SSSR count). The SMILES string of the molecule is CCN1CCN(c2nc(C)c3c(n2)C[C@@H](c2ccc(OC)cc2)CC3=O)CC1. The standard InChI is InChI=1S/C22H28N4O2/c1-4-25-9-11-26(12-10-25)22-23-15(2)21-19(24-22)13-17(14-20(21)27)16-5-7-18(28-3)8-6-16/h5-8,17H,4,9-14H2,1-3H3/t17-/m1/s1. The summed E-state index contributed by atoms with van der Waals surface area (Å²) >= 11 is 0. The van der Waals surface area contributed by atoms with Gasteiger partial charge >= 0.3 is 0 Å².